The van der Waals surface area contributed by atoms with E-state index >= 15 is 0 Å². The predicted octanol–water partition coefficient (Wildman–Crippen LogP) is 3.53. The highest BCUT2D eigenvalue weighted by Gasteiger charge is 2.34. The van der Waals surface area contributed by atoms with Gasteiger partial charge >= 0.3 is 6.03 Å². The lowest BCUT2D eigenvalue weighted by atomic mass is 9.97. The Morgan fingerprint density at radius 3 is 2.64 bits per heavy atom. The topological polar surface area (TPSA) is 59.7 Å². The second-order valence-electron chi connectivity index (χ2n) is 6.01. The molecule has 0 saturated heterocycles. The Labute approximate surface area is 145 Å². The molecule has 1 unspecified atom stereocenters. The molecule has 5 nitrogen and oxygen atoms in total. The number of amides is 2. The van der Waals surface area contributed by atoms with Crippen LogP contribution in [0.25, 0.3) is 0 Å². The van der Waals surface area contributed by atoms with Crippen LogP contribution in [0.5, 0.6) is 0 Å². The number of carbonyl (C=O) groups is 1. The minimum Gasteiger partial charge on any atom is -0.329 e. The second kappa shape index (κ2) is 6.73. The molecular weight excluding hydrogens is 319 g/mol. The minimum atomic E-state index is -0.455. The number of hydrogen-bond donors (Lipinski definition) is 0. The van der Waals surface area contributed by atoms with Gasteiger partial charge in [0, 0.05) is 26.1 Å². The number of halogens is 1. The summed E-state index contributed by atoms with van der Waals surface area (Å²) < 4.78 is 14.3. The molecule has 1 atom stereocenters. The van der Waals surface area contributed by atoms with E-state index in [1.54, 1.807) is 14.1 Å². The molecule has 0 spiro atoms. The Balaban J connectivity index is 2.03. The zero-order valence-electron chi connectivity index (χ0n) is 14.0. The SMILES string of the molecule is CN(C)C(=O)N1N=C(c2cc(C#N)ccc2F)CC1c1ccccc1. The molecule has 25 heavy (non-hydrogen) atoms. The molecule has 1 heterocycles. The Hall–Kier alpha value is -3.20. The van der Waals surface area contributed by atoms with Gasteiger partial charge in [-0.2, -0.15) is 10.4 Å². The van der Waals surface area contributed by atoms with Gasteiger partial charge < -0.3 is 4.90 Å². The molecule has 0 aromatic heterocycles. The van der Waals surface area contributed by atoms with Crippen molar-refractivity contribution in [2.45, 2.75) is 12.5 Å². The van der Waals surface area contributed by atoms with Crippen molar-refractivity contribution in [2.24, 2.45) is 5.10 Å². The van der Waals surface area contributed by atoms with E-state index in [0.29, 0.717) is 17.7 Å². The first-order valence-corrected chi connectivity index (χ1v) is 7.84. The highest BCUT2D eigenvalue weighted by atomic mass is 19.1. The van der Waals surface area contributed by atoms with Crippen molar-refractivity contribution in [3.63, 3.8) is 0 Å². The van der Waals surface area contributed by atoms with E-state index in [1.165, 1.54) is 28.1 Å². The first-order chi connectivity index (χ1) is 12.0. The zero-order chi connectivity index (χ0) is 18.0. The lowest BCUT2D eigenvalue weighted by molar-refractivity contribution is 0.159. The van der Waals surface area contributed by atoms with Crippen molar-refractivity contribution >= 4 is 11.7 Å². The molecule has 0 aliphatic carbocycles. The summed E-state index contributed by atoms with van der Waals surface area (Å²) in [6.45, 7) is 0. The van der Waals surface area contributed by atoms with Crippen LogP contribution in [-0.2, 0) is 0 Å². The van der Waals surface area contributed by atoms with Crippen LogP contribution < -0.4 is 0 Å². The van der Waals surface area contributed by atoms with Gasteiger partial charge in [-0.1, -0.05) is 30.3 Å². The fraction of sp³-hybridized carbons (Fsp3) is 0.211. The maximum absolute atomic E-state index is 14.3. The molecule has 3 rings (SSSR count). The highest BCUT2D eigenvalue weighted by molar-refractivity contribution is 6.03. The molecular formula is C19H17FN4O. The van der Waals surface area contributed by atoms with Gasteiger partial charge in [0.2, 0.25) is 0 Å². The molecule has 0 radical (unpaired) electrons. The number of benzene rings is 2. The monoisotopic (exact) mass is 336 g/mol. The van der Waals surface area contributed by atoms with Crippen molar-refractivity contribution in [2.75, 3.05) is 14.1 Å². The van der Waals surface area contributed by atoms with Crippen LogP contribution >= 0.6 is 0 Å². The summed E-state index contributed by atoms with van der Waals surface area (Å²) in [4.78, 5) is 13.9. The van der Waals surface area contributed by atoms with Gasteiger partial charge in [0.05, 0.1) is 23.4 Å². The van der Waals surface area contributed by atoms with Crippen molar-refractivity contribution in [3.05, 3.63) is 71.0 Å². The highest BCUT2D eigenvalue weighted by Crippen LogP contribution is 2.33. The third-order valence-electron chi connectivity index (χ3n) is 4.08. The van der Waals surface area contributed by atoms with Crippen molar-refractivity contribution < 1.29 is 9.18 Å². The quantitative estimate of drug-likeness (QED) is 0.842. The maximum Gasteiger partial charge on any atom is 0.340 e. The maximum atomic E-state index is 14.3. The minimum absolute atomic E-state index is 0.258. The fourth-order valence-corrected chi connectivity index (χ4v) is 2.81. The number of hydrazone groups is 1. The summed E-state index contributed by atoms with van der Waals surface area (Å²) in [6, 6.07) is 15.1. The largest absolute Gasteiger partial charge is 0.340 e. The van der Waals surface area contributed by atoms with E-state index in [-0.39, 0.29) is 17.6 Å². The lowest BCUT2D eigenvalue weighted by Crippen LogP contribution is -2.36. The van der Waals surface area contributed by atoms with E-state index in [1.807, 2.05) is 36.4 Å². The normalized spacial score (nSPS) is 16.3. The van der Waals surface area contributed by atoms with Crippen LogP contribution in [0.4, 0.5) is 9.18 Å². The van der Waals surface area contributed by atoms with Gasteiger partial charge in [0.1, 0.15) is 5.82 Å². The average Bonchev–Trinajstić information content (AvgIpc) is 3.07. The molecule has 2 amide bonds. The molecule has 2 aromatic carbocycles. The van der Waals surface area contributed by atoms with Crippen LogP contribution in [0, 0.1) is 17.1 Å². The van der Waals surface area contributed by atoms with Gasteiger partial charge in [-0.3, -0.25) is 0 Å². The predicted molar refractivity (Wildman–Crippen MR) is 92.4 cm³/mol. The smallest absolute Gasteiger partial charge is 0.329 e. The summed E-state index contributed by atoms with van der Waals surface area (Å²) >= 11 is 0. The molecule has 126 valence electrons. The molecule has 0 bridgehead atoms. The summed E-state index contributed by atoms with van der Waals surface area (Å²) in [6.07, 6.45) is 0.384. The summed E-state index contributed by atoms with van der Waals surface area (Å²) in [7, 11) is 3.30. The van der Waals surface area contributed by atoms with Crippen LogP contribution in [0.2, 0.25) is 0 Å². The molecule has 6 heteroatoms. The number of rotatable bonds is 2. The summed E-state index contributed by atoms with van der Waals surface area (Å²) in [5.41, 5.74) is 1.99. The molecule has 0 fully saturated rings. The number of carbonyl (C=O) groups excluding carboxylic acids is 1. The van der Waals surface area contributed by atoms with E-state index in [9.17, 15) is 9.18 Å². The van der Waals surface area contributed by atoms with E-state index < -0.39 is 5.82 Å². The first-order valence-electron chi connectivity index (χ1n) is 7.84. The van der Waals surface area contributed by atoms with E-state index in [2.05, 4.69) is 5.10 Å². The van der Waals surface area contributed by atoms with Crippen LogP contribution in [0.1, 0.15) is 29.2 Å². The van der Waals surface area contributed by atoms with Crippen molar-refractivity contribution in [1.29, 1.82) is 5.26 Å². The Morgan fingerprint density at radius 1 is 1.28 bits per heavy atom. The second-order valence-corrected chi connectivity index (χ2v) is 6.01. The van der Waals surface area contributed by atoms with Crippen LogP contribution in [-0.4, -0.2) is 35.7 Å². The van der Waals surface area contributed by atoms with Gasteiger partial charge in [0.25, 0.3) is 0 Å². The van der Waals surface area contributed by atoms with Gasteiger partial charge in [-0.05, 0) is 23.8 Å². The molecule has 0 saturated carbocycles. The standard InChI is InChI=1S/C19H17FN4O/c1-23(2)19(25)24-18(14-6-4-3-5-7-14)11-17(22-24)15-10-13(12-21)8-9-16(15)20/h3-10,18H,11H2,1-2H3. The third kappa shape index (κ3) is 3.22. The van der Waals surface area contributed by atoms with E-state index in [4.69, 9.17) is 5.26 Å². The fourth-order valence-electron chi connectivity index (χ4n) is 2.81. The first kappa shape index (κ1) is 16.7. The van der Waals surface area contributed by atoms with Gasteiger partial charge in [-0.25, -0.2) is 14.2 Å². The number of nitrogens with zero attached hydrogens (tertiary/aromatic N) is 4. The summed E-state index contributed by atoms with van der Waals surface area (Å²) in [5, 5.41) is 14.8. The third-order valence-corrected chi connectivity index (χ3v) is 4.08. The Kier molecular flexibility index (Phi) is 4.48. The van der Waals surface area contributed by atoms with Gasteiger partial charge in [0.15, 0.2) is 0 Å². The number of nitriles is 1. The molecule has 0 N–H and O–H groups in total. The molecule has 1 aliphatic heterocycles. The average molecular weight is 336 g/mol. The van der Waals surface area contributed by atoms with Crippen molar-refractivity contribution in [3.8, 4) is 6.07 Å². The summed E-state index contributed by atoms with van der Waals surface area (Å²) in [5.74, 6) is -0.455. The lowest BCUT2D eigenvalue weighted by Gasteiger charge is -2.25. The Bertz CT molecular complexity index is 871. The number of hydrogen-bond acceptors (Lipinski definition) is 3. The molecule has 2 aromatic rings. The van der Waals surface area contributed by atoms with Gasteiger partial charge in [-0.15, -0.1) is 0 Å². The Morgan fingerprint density at radius 2 is 2.00 bits per heavy atom. The van der Waals surface area contributed by atoms with Crippen LogP contribution in [0.15, 0.2) is 53.6 Å². The molecule has 1 aliphatic rings. The van der Waals surface area contributed by atoms with Crippen LogP contribution in [0.3, 0.4) is 0 Å². The van der Waals surface area contributed by atoms with Crippen molar-refractivity contribution in [1.82, 2.24) is 9.91 Å². The zero-order valence-corrected chi connectivity index (χ0v) is 14.0. The number of urea groups is 1. The van der Waals surface area contributed by atoms with E-state index in [0.717, 1.165) is 5.56 Å².